The number of ether oxygens (including phenoxy) is 3. The minimum atomic E-state index is -0.320. The van der Waals surface area contributed by atoms with Crippen LogP contribution in [0.1, 0.15) is 63.2 Å². The molecule has 5 rings (SSSR count). The molecule has 11 heteroatoms. The van der Waals surface area contributed by atoms with Crippen molar-refractivity contribution in [2.45, 2.75) is 44.2 Å². The van der Waals surface area contributed by atoms with Gasteiger partial charge in [0, 0.05) is 55.0 Å². The summed E-state index contributed by atoms with van der Waals surface area (Å²) in [6.45, 7) is 2.24. The van der Waals surface area contributed by atoms with Gasteiger partial charge in [-0.05, 0) is 86.7 Å². The van der Waals surface area contributed by atoms with E-state index >= 15 is 0 Å². The van der Waals surface area contributed by atoms with Gasteiger partial charge >= 0.3 is 0 Å². The van der Waals surface area contributed by atoms with Crippen LogP contribution in [0.3, 0.4) is 0 Å². The first-order chi connectivity index (χ1) is 22.3. The van der Waals surface area contributed by atoms with Crippen LogP contribution in [0.2, 0.25) is 0 Å². The number of carbonyl (C=O) groups is 3. The fourth-order valence-corrected chi connectivity index (χ4v) is 6.06. The van der Waals surface area contributed by atoms with Crippen LogP contribution >= 0.6 is 0 Å². The number of hydrogen-bond acceptors (Lipinski definition) is 8. The number of amides is 3. The van der Waals surface area contributed by atoms with Crippen LogP contribution in [0.5, 0.6) is 17.2 Å². The standard InChI is InChI=1S/C35H43N5O6/c1-44-28-7-4-6-23(20-28)34(42)38-29-21-24(33(41)37-27-12-10-26(36)11-13-27)8-14-30(29)39-16-5-17-40(19-18-39)35(43)25-9-15-31(45-2)32(22-25)46-3/h4,6-9,14-15,20-22,26-27H,5,10-13,16-19,36H2,1-3H3,(H,37,41)(H,38,42). The second-order valence-electron chi connectivity index (χ2n) is 11.7. The third-order valence-corrected chi connectivity index (χ3v) is 8.70. The molecule has 0 aromatic heterocycles. The fraction of sp³-hybridized carbons (Fsp3) is 0.400. The maximum atomic E-state index is 13.5. The lowest BCUT2D eigenvalue weighted by molar-refractivity contribution is 0.0766. The van der Waals surface area contributed by atoms with E-state index in [2.05, 4.69) is 15.5 Å². The van der Waals surface area contributed by atoms with Gasteiger partial charge in [0.2, 0.25) is 0 Å². The zero-order valence-electron chi connectivity index (χ0n) is 26.7. The van der Waals surface area contributed by atoms with Crippen molar-refractivity contribution in [3.63, 3.8) is 0 Å². The summed E-state index contributed by atoms with van der Waals surface area (Å²) in [6.07, 6.45) is 4.17. The Balaban J connectivity index is 1.36. The van der Waals surface area contributed by atoms with Gasteiger partial charge in [0.25, 0.3) is 17.7 Å². The van der Waals surface area contributed by atoms with Crippen LogP contribution in [0, 0.1) is 0 Å². The largest absolute Gasteiger partial charge is 0.497 e. The Kier molecular flexibility index (Phi) is 10.6. The highest BCUT2D eigenvalue weighted by atomic mass is 16.5. The van der Waals surface area contributed by atoms with Crippen LogP contribution < -0.4 is 35.5 Å². The van der Waals surface area contributed by atoms with Crippen molar-refractivity contribution in [1.29, 1.82) is 0 Å². The molecule has 3 aromatic carbocycles. The number of anilines is 2. The molecule has 3 amide bonds. The number of nitrogens with zero attached hydrogens (tertiary/aromatic N) is 2. The smallest absolute Gasteiger partial charge is 0.255 e. The number of rotatable bonds is 9. The van der Waals surface area contributed by atoms with Gasteiger partial charge in [-0.1, -0.05) is 6.07 Å². The summed E-state index contributed by atoms with van der Waals surface area (Å²) < 4.78 is 16.0. The first-order valence-electron chi connectivity index (χ1n) is 15.7. The molecule has 1 aliphatic heterocycles. The Morgan fingerprint density at radius 3 is 2.22 bits per heavy atom. The Morgan fingerprint density at radius 2 is 1.48 bits per heavy atom. The molecule has 11 nitrogen and oxygen atoms in total. The van der Waals surface area contributed by atoms with E-state index in [1.165, 1.54) is 0 Å². The highest BCUT2D eigenvalue weighted by Gasteiger charge is 2.25. The van der Waals surface area contributed by atoms with Crippen molar-refractivity contribution in [1.82, 2.24) is 10.2 Å². The van der Waals surface area contributed by atoms with Gasteiger partial charge in [-0.15, -0.1) is 0 Å². The summed E-state index contributed by atoms with van der Waals surface area (Å²) in [5.74, 6) is 1.03. The van der Waals surface area contributed by atoms with E-state index in [4.69, 9.17) is 19.9 Å². The van der Waals surface area contributed by atoms with Gasteiger partial charge in [0.1, 0.15) is 5.75 Å². The second-order valence-corrected chi connectivity index (χ2v) is 11.7. The molecule has 0 spiro atoms. The minimum Gasteiger partial charge on any atom is -0.497 e. The normalized spacial score (nSPS) is 18.3. The molecule has 0 atom stereocenters. The van der Waals surface area contributed by atoms with Gasteiger partial charge in [-0.3, -0.25) is 14.4 Å². The van der Waals surface area contributed by atoms with Crippen LogP contribution in [-0.4, -0.2) is 82.2 Å². The second kappa shape index (κ2) is 15.0. The predicted molar refractivity (Wildman–Crippen MR) is 177 cm³/mol. The number of carbonyl (C=O) groups excluding carboxylic acids is 3. The lowest BCUT2D eigenvalue weighted by atomic mass is 9.91. The Labute approximate surface area is 270 Å². The molecule has 2 aliphatic rings. The molecular weight excluding hydrogens is 586 g/mol. The van der Waals surface area contributed by atoms with Crippen LogP contribution in [0.25, 0.3) is 0 Å². The fourth-order valence-electron chi connectivity index (χ4n) is 6.06. The van der Waals surface area contributed by atoms with E-state index in [1.807, 2.05) is 11.0 Å². The molecule has 4 N–H and O–H groups in total. The van der Waals surface area contributed by atoms with Gasteiger partial charge in [-0.2, -0.15) is 0 Å². The quantitative estimate of drug-likeness (QED) is 0.319. The molecule has 1 saturated heterocycles. The first kappa shape index (κ1) is 32.6. The van der Waals surface area contributed by atoms with E-state index in [-0.39, 0.29) is 29.8 Å². The summed E-state index contributed by atoms with van der Waals surface area (Å²) in [7, 11) is 4.65. The van der Waals surface area contributed by atoms with Gasteiger partial charge < -0.3 is 40.4 Å². The highest BCUT2D eigenvalue weighted by Crippen LogP contribution is 2.31. The number of benzene rings is 3. The van der Waals surface area contributed by atoms with E-state index in [1.54, 1.807) is 75.9 Å². The van der Waals surface area contributed by atoms with E-state index < -0.39 is 0 Å². The van der Waals surface area contributed by atoms with Crippen molar-refractivity contribution in [2.24, 2.45) is 5.73 Å². The molecule has 1 heterocycles. The van der Waals surface area contributed by atoms with E-state index in [0.29, 0.717) is 72.2 Å². The summed E-state index contributed by atoms with van der Waals surface area (Å²) in [5.41, 5.74) is 8.76. The molecule has 0 bridgehead atoms. The summed E-state index contributed by atoms with van der Waals surface area (Å²) in [6, 6.07) is 17.7. The minimum absolute atomic E-state index is 0.0709. The first-order valence-corrected chi connectivity index (χ1v) is 15.7. The van der Waals surface area contributed by atoms with Crippen molar-refractivity contribution < 1.29 is 28.6 Å². The number of hydrogen-bond donors (Lipinski definition) is 3. The molecule has 1 aliphatic carbocycles. The molecule has 244 valence electrons. The SMILES string of the molecule is COc1cccc(C(=O)Nc2cc(C(=O)NC3CCC(N)CC3)ccc2N2CCCN(C(=O)c3ccc(OC)c(OC)c3)CC2)c1. The third-order valence-electron chi connectivity index (χ3n) is 8.70. The lowest BCUT2D eigenvalue weighted by Crippen LogP contribution is -2.40. The van der Waals surface area contributed by atoms with Crippen molar-refractivity contribution in [2.75, 3.05) is 57.7 Å². The van der Waals surface area contributed by atoms with Crippen LogP contribution in [0.15, 0.2) is 60.7 Å². The molecule has 0 unspecified atom stereocenters. The number of methoxy groups -OCH3 is 3. The summed E-state index contributed by atoms with van der Waals surface area (Å²) >= 11 is 0. The zero-order valence-corrected chi connectivity index (χ0v) is 26.7. The maximum Gasteiger partial charge on any atom is 0.255 e. The van der Waals surface area contributed by atoms with Crippen molar-refractivity contribution in [3.05, 3.63) is 77.4 Å². The molecule has 2 fully saturated rings. The Hall–Kier alpha value is -4.77. The topological polar surface area (TPSA) is 135 Å². The van der Waals surface area contributed by atoms with E-state index in [0.717, 1.165) is 31.4 Å². The Bertz CT molecular complexity index is 1550. The van der Waals surface area contributed by atoms with Gasteiger partial charge in [0.15, 0.2) is 11.5 Å². The molecule has 0 radical (unpaired) electrons. The molecule has 46 heavy (non-hydrogen) atoms. The van der Waals surface area contributed by atoms with Crippen LogP contribution in [-0.2, 0) is 0 Å². The average Bonchev–Trinajstić information content (AvgIpc) is 3.35. The summed E-state index contributed by atoms with van der Waals surface area (Å²) in [5, 5.41) is 6.19. The maximum absolute atomic E-state index is 13.5. The summed E-state index contributed by atoms with van der Waals surface area (Å²) in [4.78, 5) is 44.2. The zero-order chi connectivity index (χ0) is 32.6. The van der Waals surface area contributed by atoms with E-state index in [9.17, 15) is 14.4 Å². The highest BCUT2D eigenvalue weighted by molar-refractivity contribution is 6.07. The lowest BCUT2D eigenvalue weighted by Gasteiger charge is -2.28. The van der Waals surface area contributed by atoms with Crippen LogP contribution in [0.4, 0.5) is 11.4 Å². The monoisotopic (exact) mass is 629 g/mol. The third kappa shape index (κ3) is 7.71. The van der Waals surface area contributed by atoms with Gasteiger partial charge in [-0.25, -0.2) is 0 Å². The average molecular weight is 630 g/mol. The molecule has 3 aromatic rings. The van der Waals surface area contributed by atoms with Crippen molar-refractivity contribution >= 4 is 29.1 Å². The number of nitrogens with two attached hydrogens (primary N) is 1. The molecular formula is C35H43N5O6. The van der Waals surface area contributed by atoms with Gasteiger partial charge in [0.05, 0.1) is 32.7 Å². The predicted octanol–water partition coefficient (Wildman–Crippen LogP) is 4.32. The Morgan fingerprint density at radius 1 is 0.739 bits per heavy atom. The number of nitrogens with one attached hydrogen (secondary N) is 2. The molecule has 1 saturated carbocycles. The van der Waals surface area contributed by atoms with Crippen molar-refractivity contribution in [3.8, 4) is 17.2 Å².